The van der Waals surface area contributed by atoms with Gasteiger partial charge in [-0.2, -0.15) is 11.8 Å². The molecule has 0 aliphatic carbocycles. The topological polar surface area (TPSA) is 0 Å². The third-order valence-electron chi connectivity index (χ3n) is 2.38. The van der Waals surface area contributed by atoms with Gasteiger partial charge in [-0.3, -0.25) is 0 Å². The van der Waals surface area contributed by atoms with E-state index in [-0.39, 0.29) is 0 Å². The Morgan fingerprint density at radius 3 is 2.46 bits per heavy atom. The van der Waals surface area contributed by atoms with Crippen molar-refractivity contribution >= 4 is 23.4 Å². The van der Waals surface area contributed by atoms with Crippen molar-refractivity contribution in [1.29, 1.82) is 0 Å². The molecular weight excluding hydrogens is 200 g/mol. The molecular formula is C11H23ClS. The van der Waals surface area contributed by atoms with E-state index in [0.29, 0.717) is 5.25 Å². The third-order valence-corrected chi connectivity index (χ3v) is 4.42. The van der Waals surface area contributed by atoms with Gasteiger partial charge in [-0.15, -0.1) is 11.6 Å². The first-order valence-electron chi connectivity index (χ1n) is 5.42. The fourth-order valence-corrected chi connectivity index (χ4v) is 2.60. The summed E-state index contributed by atoms with van der Waals surface area (Å²) in [6.45, 7) is 6.78. The number of hydrogen-bond acceptors (Lipinski definition) is 1. The Morgan fingerprint density at radius 1 is 1.31 bits per heavy atom. The lowest BCUT2D eigenvalue weighted by molar-refractivity contribution is 0.499. The van der Waals surface area contributed by atoms with Gasteiger partial charge in [0.05, 0.1) is 0 Å². The van der Waals surface area contributed by atoms with Crippen molar-refractivity contribution < 1.29 is 0 Å². The van der Waals surface area contributed by atoms with E-state index in [1.807, 2.05) is 11.8 Å². The van der Waals surface area contributed by atoms with Crippen LogP contribution < -0.4 is 0 Å². The predicted molar refractivity (Wildman–Crippen MR) is 65.9 cm³/mol. The first-order chi connectivity index (χ1) is 6.24. The van der Waals surface area contributed by atoms with Gasteiger partial charge >= 0.3 is 0 Å². The number of thioether (sulfide) groups is 1. The van der Waals surface area contributed by atoms with Crippen LogP contribution in [0.2, 0.25) is 0 Å². The first kappa shape index (κ1) is 13.6. The summed E-state index contributed by atoms with van der Waals surface area (Å²) in [6.07, 6.45) is 5.43. The molecule has 2 atom stereocenters. The van der Waals surface area contributed by atoms with Crippen LogP contribution in [0.15, 0.2) is 0 Å². The quantitative estimate of drug-likeness (QED) is 0.543. The van der Waals surface area contributed by atoms with Crippen molar-refractivity contribution in [2.45, 2.75) is 51.7 Å². The van der Waals surface area contributed by atoms with Crippen molar-refractivity contribution in [3.8, 4) is 0 Å². The zero-order valence-corrected chi connectivity index (χ0v) is 10.8. The Balaban J connectivity index is 3.46. The number of halogens is 1. The summed E-state index contributed by atoms with van der Waals surface area (Å²) in [5.74, 6) is 3.00. The van der Waals surface area contributed by atoms with E-state index < -0.39 is 0 Å². The molecule has 0 aromatic heterocycles. The number of unbranched alkanes of at least 4 members (excludes halogenated alkanes) is 1. The molecule has 0 aliphatic rings. The molecule has 0 saturated carbocycles. The predicted octanol–water partition coefficient (Wildman–Crippen LogP) is 4.56. The highest BCUT2D eigenvalue weighted by Gasteiger charge is 2.08. The molecule has 2 heteroatoms. The second kappa shape index (κ2) is 9.21. The van der Waals surface area contributed by atoms with Crippen LogP contribution in [0, 0.1) is 5.92 Å². The van der Waals surface area contributed by atoms with Crippen LogP contribution in [-0.2, 0) is 0 Å². The highest BCUT2D eigenvalue weighted by Crippen LogP contribution is 2.21. The monoisotopic (exact) mass is 222 g/mol. The lowest BCUT2D eigenvalue weighted by atomic mass is 10.0. The maximum atomic E-state index is 5.76. The van der Waals surface area contributed by atoms with E-state index in [4.69, 9.17) is 11.6 Å². The van der Waals surface area contributed by atoms with Gasteiger partial charge in [0.15, 0.2) is 0 Å². The van der Waals surface area contributed by atoms with Crippen molar-refractivity contribution in [3.05, 3.63) is 0 Å². The van der Waals surface area contributed by atoms with Crippen LogP contribution in [0.4, 0.5) is 0 Å². The van der Waals surface area contributed by atoms with Gasteiger partial charge in [0.25, 0.3) is 0 Å². The minimum absolute atomic E-state index is 0.623. The van der Waals surface area contributed by atoms with Crippen molar-refractivity contribution in [1.82, 2.24) is 0 Å². The molecule has 0 aliphatic heterocycles. The van der Waals surface area contributed by atoms with Gasteiger partial charge in [0, 0.05) is 11.1 Å². The van der Waals surface area contributed by atoms with Crippen LogP contribution in [-0.4, -0.2) is 16.9 Å². The molecule has 13 heavy (non-hydrogen) atoms. The number of rotatable bonds is 8. The summed E-state index contributed by atoms with van der Waals surface area (Å²) in [5.41, 5.74) is 0. The smallest absolute Gasteiger partial charge is 0.0339 e. The summed E-state index contributed by atoms with van der Waals surface area (Å²) < 4.78 is 0. The molecule has 0 radical (unpaired) electrons. The maximum Gasteiger partial charge on any atom is 0.0339 e. The van der Waals surface area contributed by atoms with Crippen LogP contribution >= 0.6 is 23.4 Å². The van der Waals surface area contributed by atoms with Crippen LogP contribution in [0.25, 0.3) is 0 Å². The Labute approximate surface area is 92.8 Å². The first-order valence-corrected chi connectivity index (χ1v) is 7.00. The van der Waals surface area contributed by atoms with Gasteiger partial charge in [0.1, 0.15) is 0 Å². The lowest BCUT2D eigenvalue weighted by Crippen LogP contribution is -2.07. The van der Waals surface area contributed by atoms with Crippen molar-refractivity contribution in [3.63, 3.8) is 0 Å². The highest BCUT2D eigenvalue weighted by molar-refractivity contribution is 7.99. The molecule has 0 fully saturated rings. The Hall–Kier alpha value is 0.640. The fraction of sp³-hybridized carbons (Fsp3) is 1.00. The molecule has 0 heterocycles. The molecule has 0 saturated heterocycles. The summed E-state index contributed by atoms with van der Waals surface area (Å²) in [5, 5.41) is 0.623. The average Bonchev–Trinajstić information content (AvgIpc) is 2.17. The van der Waals surface area contributed by atoms with E-state index in [2.05, 4.69) is 20.8 Å². The Morgan fingerprint density at radius 2 is 2.00 bits per heavy atom. The highest BCUT2D eigenvalue weighted by atomic mass is 35.5. The van der Waals surface area contributed by atoms with E-state index in [1.54, 1.807) is 0 Å². The Kier molecular flexibility index (Phi) is 9.66. The van der Waals surface area contributed by atoms with E-state index >= 15 is 0 Å². The molecule has 0 spiro atoms. The summed E-state index contributed by atoms with van der Waals surface area (Å²) in [4.78, 5) is 0. The van der Waals surface area contributed by atoms with Gasteiger partial charge in [0.2, 0.25) is 0 Å². The molecule has 0 bridgehead atoms. The van der Waals surface area contributed by atoms with Crippen molar-refractivity contribution in [2.75, 3.05) is 11.6 Å². The zero-order valence-electron chi connectivity index (χ0n) is 9.18. The van der Waals surface area contributed by atoms with E-state index in [0.717, 1.165) is 11.8 Å². The third kappa shape index (κ3) is 7.69. The Bertz CT molecular complexity index is 106. The lowest BCUT2D eigenvalue weighted by Gasteiger charge is -2.15. The molecule has 0 nitrogen and oxygen atoms in total. The van der Waals surface area contributed by atoms with Gasteiger partial charge in [-0.1, -0.05) is 40.0 Å². The van der Waals surface area contributed by atoms with Crippen LogP contribution in [0.3, 0.4) is 0 Å². The molecule has 2 unspecified atom stereocenters. The molecule has 0 aromatic carbocycles. The van der Waals surface area contributed by atoms with Crippen LogP contribution in [0.1, 0.15) is 46.5 Å². The van der Waals surface area contributed by atoms with Gasteiger partial charge < -0.3 is 0 Å². The van der Waals surface area contributed by atoms with E-state index in [1.165, 1.54) is 31.4 Å². The minimum Gasteiger partial charge on any atom is -0.157 e. The summed E-state index contributed by atoms with van der Waals surface area (Å²) >= 11 is 7.79. The summed E-state index contributed by atoms with van der Waals surface area (Å²) in [7, 11) is 0. The summed E-state index contributed by atoms with van der Waals surface area (Å²) in [6, 6.07) is 0. The number of alkyl halides is 1. The molecule has 0 amide bonds. The molecule has 0 N–H and O–H groups in total. The molecule has 0 rings (SSSR count). The van der Waals surface area contributed by atoms with Gasteiger partial charge in [-0.25, -0.2) is 0 Å². The SMILES string of the molecule is CCCCC(CC)CSC(C)CCl. The standard InChI is InChI=1S/C11H23ClS/c1-4-6-7-11(5-2)9-13-10(3)8-12/h10-11H,4-9H2,1-3H3. The van der Waals surface area contributed by atoms with Gasteiger partial charge in [-0.05, 0) is 18.1 Å². The molecule has 0 aromatic rings. The average molecular weight is 223 g/mol. The largest absolute Gasteiger partial charge is 0.157 e. The second-order valence-electron chi connectivity index (χ2n) is 3.71. The fourth-order valence-electron chi connectivity index (χ4n) is 1.24. The van der Waals surface area contributed by atoms with E-state index in [9.17, 15) is 0 Å². The van der Waals surface area contributed by atoms with Crippen LogP contribution in [0.5, 0.6) is 0 Å². The maximum absolute atomic E-state index is 5.76. The second-order valence-corrected chi connectivity index (χ2v) is 5.49. The van der Waals surface area contributed by atoms with Crippen molar-refractivity contribution in [2.24, 2.45) is 5.92 Å². The molecule has 80 valence electrons. The number of hydrogen-bond donors (Lipinski definition) is 0. The zero-order chi connectivity index (χ0) is 10.1. The minimum atomic E-state index is 0.623. The normalized spacial score (nSPS) is 15.7.